The van der Waals surface area contributed by atoms with Gasteiger partial charge in [-0.2, -0.15) is 0 Å². The molecule has 1 fully saturated rings. The highest BCUT2D eigenvalue weighted by Crippen LogP contribution is 2.29. The maximum Gasteiger partial charge on any atom is 0.172 e. The molecule has 0 heterocycles. The molecule has 4 nitrogen and oxygen atoms in total. The Hall–Kier alpha value is -1.71. The van der Waals surface area contributed by atoms with E-state index in [0.29, 0.717) is 6.04 Å². The molecule has 0 aliphatic heterocycles. The van der Waals surface area contributed by atoms with Crippen molar-refractivity contribution in [2.45, 2.75) is 45.1 Å². The third-order valence-electron chi connectivity index (χ3n) is 3.95. The van der Waals surface area contributed by atoms with Crippen molar-refractivity contribution in [1.29, 1.82) is 0 Å². The van der Waals surface area contributed by atoms with Crippen molar-refractivity contribution in [2.75, 3.05) is 11.4 Å². The average Bonchev–Trinajstić information content (AvgIpc) is 2.49. The lowest BCUT2D eigenvalue weighted by Crippen LogP contribution is -2.38. The minimum Gasteiger partial charge on any atom is -0.409 e. The Balaban J connectivity index is 2.32. The van der Waals surface area contributed by atoms with Crippen LogP contribution >= 0.6 is 0 Å². The molecule has 0 amide bonds. The van der Waals surface area contributed by atoms with Crippen molar-refractivity contribution in [3.05, 3.63) is 29.8 Å². The molecule has 0 saturated heterocycles. The Morgan fingerprint density at radius 2 is 2.00 bits per heavy atom. The summed E-state index contributed by atoms with van der Waals surface area (Å²) in [5.74, 6) is 0.185. The van der Waals surface area contributed by atoms with Crippen LogP contribution in [0.3, 0.4) is 0 Å². The number of nitrogens with zero attached hydrogens (tertiary/aromatic N) is 2. The molecule has 0 radical (unpaired) electrons. The molecule has 1 aliphatic carbocycles. The largest absolute Gasteiger partial charge is 0.409 e. The highest BCUT2D eigenvalue weighted by molar-refractivity contribution is 6.02. The fourth-order valence-electron chi connectivity index (χ4n) is 3.01. The Bertz CT molecular complexity index is 439. The molecule has 1 aliphatic rings. The molecule has 3 N–H and O–H groups in total. The second-order valence-corrected chi connectivity index (χ2v) is 5.08. The molecular weight excluding hydrogens is 238 g/mol. The van der Waals surface area contributed by atoms with Crippen LogP contribution in [0.5, 0.6) is 0 Å². The topological polar surface area (TPSA) is 61.8 Å². The summed E-state index contributed by atoms with van der Waals surface area (Å²) >= 11 is 0. The van der Waals surface area contributed by atoms with Gasteiger partial charge in [-0.1, -0.05) is 36.6 Å². The van der Waals surface area contributed by atoms with Gasteiger partial charge in [0.2, 0.25) is 0 Å². The first-order valence-electron chi connectivity index (χ1n) is 7.11. The Kier molecular flexibility index (Phi) is 4.66. The molecular formula is C15H23N3O. The zero-order valence-corrected chi connectivity index (χ0v) is 11.5. The molecule has 1 aromatic rings. The summed E-state index contributed by atoms with van der Waals surface area (Å²) in [6, 6.07) is 8.48. The van der Waals surface area contributed by atoms with E-state index in [1.807, 2.05) is 18.2 Å². The fraction of sp³-hybridized carbons (Fsp3) is 0.533. The zero-order valence-electron chi connectivity index (χ0n) is 11.5. The second kappa shape index (κ2) is 6.45. The molecule has 1 saturated carbocycles. The summed E-state index contributed by atoms with van der Waals surface area (Å²) in [5.41, 5.74) is 7.68. The van der Waals surface area contributed by atoms with Crippen LogP contribution in [0.15, 0.2) is 29.4 Å². The summed E-state index contributed by atoms with van der Waals surface area (Å²) in [6.45, 7) is 3.11. The van der Waals surface area contributed by atoms with Crippen LogP contribution in [0.25, 0.3) is 0 Å². The normalized spacial score (nSPS) is 17.4. The fourth-order valence-corrected chi connectivity index (χ4v) is 3.01. The van der Waals surface area contributed by atoms with Gasteiger partial charge in [-0.3, -0.25) is 0 Å². The molecule has 4 heteroatoms. The lowest BCUT2D eigenvalue weighted by Gasteiger charge is -2.36. The Morgan fingerprint density at radius 3 is 2.63 bits per heavy atom. The van der Waals surface area contributed by atoms with E-state index >= 15 is 0 Å². The molecule has 104 valence electrons. The molecule has 19 heavy (non-hydrogen) atoms. The number of hydrogen-bond acceptors (Lipinski definition) is 3. The van der Waals surface area contributed by atoms with Crippen LogP contribution in [0.2, 0.25) is 0 Å². The number of para-hydroxylation sites is 1. The lowest BCUT2D eigenvalue weighted by molar-refractivity contribution is 0.318. The van der Waals surface area contributed by atoms with Gasteiger partial charge in [0.15, 0.2) is 5.84 Å². The summed E-state index contributed by atoms with van der Waals surface area (Å²) in [7, 11) is 0. The number of oxime groups is 1. The Labute approximate surface area is 114 Å². The van der Waals surface area contributed by atoms with Gasteiger partial charge in [0.05, 0.1) is 0 Å². The van der Waals surface area contributed by atoms with E-state index in [2.05, 4.69) is 23.0 Å². The molecule has 0 bridgehead atoms. The predicted molar refractivity (Wildman–Crippen MR) is 78.8 cm³/mol. The van der Waals surface area contributed by atoms with E-state index in [0.717, 1.165) is 17.8 Å². The molecule has 0 aromatic heterocycles. The van der Waals surface area contributed by atoms with Gasteiger partial charge >= 0.3 is 0 Å². The van der Waals surface area contributed by atoms with E-state index in [1.165, 1.54) is 32.1 Å². The first-order chi connectivity index (χ1) is 9.27. The van der Waals surface area contributed by atoms with Crippen LogP contribution in [0, 0.1) is 0 Å². The van der Waals surface area contributed by atoms with Crippen LogP contribution < -0.4 is 10.6 Å². The number of hydrogen-bond donors (Lipinski definition) is 2. The number of anilines is 1. The summed E-state index contributed by atoms with van der Waals surface area (Å²) in [4.78, 5) is 2.40. The van der Waals surface area contributed by atoms with Crippen molar-refractivity contribution in [3.63, 3.8) is 0 Å². The van der Waals surface area contributed by atoms with Gasteiger partial charge in [0.25, 0.3) is 0 Å². The Morgan fingerprint density at radius 1 is 1.32 bits per heavy atom. The summed E-state index contributed by atoms with van der Waals surface area (Å²) < 4.78 is 0. The smallest absolute Gasteiger partial charge is 0.172 e. The quantitative estimate of drug-likeness (QED) is 0.379. The van der Waals surface area contributed by atoms with Gasteiger partial charge in [-0.15, -0.1) is 0 Å². The van der Waals surface area contributed by atoms with E-state index in [4.69, 9.17) is 10.9 Å². The van der Waals surface area contributed by atoms with Gasteiger partial charge in [-0.05, 0) is 31.9 Å². The minimum atomic E-state index is 0.185. The summed E-state index contributed by atoms with van der Waals surface area (Å²) in [5, 5.41) is 12.1. The summed E-state index contributed by atoms with van der Waals surface area (Å²) in [6.07, 6.45) is 6.41. The molecule has 0 spiro atoms. The molecule has 2 rings (SSSR count). The average molecular weight is 261 g/mol. The van der Waals surface area contributed by atoms with Gasteiger partial charge < -0.3 is 15.8 Å². The van der Waals surface area contributed by atoms with E-state index < -0.39 is 0 Å². The molecule has 0 atom stereocenters. The van der Waals surface area contributed by atoms with E-state index in [-0.39, 0.29) is 5.84 Å². The van der Waals surface area contributed by atoms with Crippen molar-refractivity contribution in [2.24, 2.45) is 10.9 Å². The van der Waals surface area contributed by atoms with Crippen molar-refractivity contribution >= 4 is 11.5 Å². The number of rotatable bonds is 4. The van der Waals surface area contributed by atoms with Crippen molar-refractivity contribution in [1.82, 2.24) is 0 Å². The SMILES string of the molecule is CCN(c1ccccc1/C(N)=N\O)C1CCCCC1. The van der Waals surface area contributed by atoms with Crippen LogP contribution in [-0.4, -0.2) is 23.6 Å². The first kappa shape index (κ1) is 13.7. The van der Waals surface area contributed by atoms with Crippen molar-refractivity contribution < 1.29 is 5.21 Å². The monoisotopic (exact) mass is 261 g/mol. The van der Waals surface area contributed by atoms with Gasteiger partial charge in [0, 0.05) is 23.8 Å². The lowest BCUT2D eigenvalue weighted by atomic mass is 9.93. The van der Waals surface area contributed by atoms with Crippen LogP contribution in [0.1, 0.15) is 44.6 Å². The number of amidine groups is 1. The minimum absolute atomic E-state index is 0.185. The van der Waals surface area contributed by atoms with Gasteiger partial charge in [-0.25, -0.2) is 0 Å². The first-order valence-corrected chi connectivity index (χ1v) is 7.11. The maximum atomic E-state index is 8.92. The van der Waals surface area contributed by atoms with Crippen LogP contribution in [-0.2, 0) is 0 Å². The maximum absolute atomic E-state index is 8.92. The van der Waals surface area contributed by atoms with Gasteiger partial charge in [0.1, 0.15) is 0 Å². The van der Waals surface area contributed by atoms with E-state index in [1.54, 1.807) is 0 Å². The second-order valence-electron chi connectivity index (χ2n) is 5.08. The van der Waals surface area contributed by atoms with E-state index in [9.17, 15) is 0 Å². The molecule has 0 unspecified atom stereocenters. The highest BCUT2D eigenvalue weighted by atomic mass is 16.4. The van der Waals surface area contributed by atoms with Crippen LogP contribution in [0.4, 0.5) is 5.69 Å². The highest BCUT2D eigenvalue weighted by Gasteiger charge is 2.22. The zero-order chi connectivity index (χ0) is 13.7. The number of nitrogens with two attached hydrogens (primary N) is 1. The standard InChI is InChI=1S/C15H23N3O/c1-2-18(12-8-4-3-5-9-12)14-11-7-6-10-13(14)15(16)17-19/h6-7,10-12,19H,2-5,8-9H2,1H3,(H2,16,17). The molecule has 1 aromatic carbocycles. The third-order valence-corrected chi connectivity index (χ3v) is 3.95. The van der Waals surface area contributed by atoms with Crippen molar-refractivity contribution in [3.8, 4) is 0 Å². The number of benzene rings is 1. The third kappa shape index (κ3) is 3.00. The predicted octanol–water partition coefficient (Wildman–Crippen LogP) is 2.94.